The molecule has 114 heavy (non-hydrogen) atoms. The molecule has 0 unspecified atom stereocenters. The first-order valence-electron chi connectivity index (χ1n) is 32.7. The molecule has 0 aliphatic heterocycles. The van der Waals surface area contributed by atoms with E-state index in [0.29, 0.717) is 33.4 Å². The van der Waals surface area contributed by atoms with Gasteiger partial charge in [-0.2, -0.15) is 65.9 Å². The third-order valence-electron chi connectivity index (χ3n) is 15.3. The average molecular weight is 1600 g/mol. The first kappa shape index (κ1) is 89.3. The molecule has 20 nitrogen and oxygen atoms in total. The number of alkyl halides is 15. The van der Waals surface area contributed by atoms with Crippen molar-refractivity contribution in [1.29, 1.82) is 0 Å². The molecule has 0 atom stereocenters. The third kappa shape index (κ3) is 29.0. The average Bonchev–Trinajstić information content (AvgIpc) is 0.851. The van der Waals surface area contributed by atoms with E-state index in [1.54, 1.807) is 57.2 Å². The molecule has 0 aromatic heterocycles. The number of nitrogens with zero attached hydrogens (tertiary/aromatic N) is 10. The Bertz CT molecular complexity index is 4760. The van der Waals surface area contributed by atoms with Crippen molar-refractivity contribution in [2.45, 2.75) is 84.4 Å². The van der Waals surface area contributed by atoms with E-state index in [2.05, 4.69) is 25.0 Å². The van der Waals surface area contributed by atoms with Crippen LogP contribution in [0.4, 0.5) is 98.7 Å². The van der Waals surface area contributed by atoms with Crippen LogP contribution in [0.5, 0.6) is 0 Å². The van der Waals surface area contributed by atoms with Gasteiger partial charge in [-0.15, -0.1) is 0 Å². The van der Waals surface area contributed by atoms with E-state index < -0.39 is 89.9 Å². The van der Waals surface area contributed by atoms with E-state index in [9.17, 15) is 121 Å². The van der Waals surface area contributed by atoms with Gasteiger partial charge in [0.15, 0.2) is 0 Å². The van der Waals surface area contributed by atoms with Gasteiger partial charge in [-0.25, -0.2) is 4.39 Å². The summed E-state index contributed by atoms with van der Waals surface area (Å²) in [6.45, 7) is 4.14. The number of benzene rings is 10. The minimum atomic E-state index is -4.70. The fraction of sp³-hybridized carbons (Fsp3) is 0.167. The van der Waals surface area contributed by atoms with Crippen molar-refractivity contribution in [2.75, 3.05) is 0 Å². The number of halogens is 16. The predicted molar refractivity (Wildman–Crippen MR) is 393 cm³/mol. The van der Waals surface area contributed by atoms with Crippen molar-refractivity contribution in [3.63, 3.8) is 0 Å². The Morgan fingerprint density at radius 3 is 0.667 bits per heavy atom. The Morgan fingerprint density at radius 1 is 0.254 bits per heavy atom. The van der Waals surface area contributed by atoms with Gasteiger partial charge in [0.1, 0.15) is 34.4 Å². The molecule has 0 aliphatic carbocycles. The molecule has 0 radical (unpaired) electrons. The molecule has 0 amide bonds. The van der Waals surface area contributed by atoms with E-state index in [1.807, 2.05) is 0 Å². The van der Waals surface area contributed by atoms with Crippen LogP contribution in [0, 0.1) is 77.2 Å². The zero-order valence-electron chi connectivity index (χ0n) is 59.3. The minimum absolute atomic E-state index is 0.000545. The SMILES string of the molecule is Cc1ccc(C(=NCc2ccc([N+](=O)[O-])cc2)C(F)(F)F)cc1.Cc1ccc(C(=NCc2ccc([N+](=O)[O-])cc2)C(F)(F)F)cc1.Cc1cccc(C(=NCc2ccc([N+](=O)[O-])cc2)C(F)(F)F)c1.O=[N+]([O-])c1ccc(CN=C(c2ccc(F)cc2)C(F)(F)F)cc1.O=[N+]([O-])c1ccc(CN=C(c2ccccc2)C(F)(F)F)cc1. The highest BCUT2D eigenvalue weighted by Crippen LogP contribution is 2.30. The molecule has 0 spiro atoms. The molecule has 10 rings (SSSR count). The first-order chi connectivity index (χ1) is 53.5. The Morgan fingerprint density at radius 2 is 0.456 bits per heavy atom. The second-order valence-electron chi connectivity index (χ2n) is 23.9. The van der Waals surface area contributed by atoms with E-state index in [1.165, 1.54) is 188 Å². The van der Waals surface area contributed by atoms with Gasteiger partial charge in [0.25, 0.3) is 28.4 Å². The molecule has 10 aromatic rings. The van der Waals surface area contributed by atoms with Crippen molar-refractivity contribution >= 4 is 57.0 Å². The zero-order valence-corrected chi connectivity index (χ0v) is 59.3. The quantitative estimate of drug-likeness (QED) is 0.0301. The Hall–Kier alpha value is -13.6. The molecular formula is C78H60F16N10O10. The fourth-order valence-corrected chi connectivity index (χ4v) is 9.61. The van der Waals surface area contributed by atoms with E-state index >= 15 is 0 Å². The topological polar surface area (TPSA) is 278 Å². The second-order valence-corrected chi connectivity index (χ2v) is 23.9. The number of aliphatic imine (C=N–C) groups is 5. The van der Waals surface area contributed by atoms with E-state index in [4.69, 9.17) is 0 Å². The molecule has 0 heterocycles. The minimum Gasteiger partial charge on any atom is -0.275 e. The predicted octanol–water partition coefficient (Wildman–Crippen LogP) is 21.8. The van der Waals surface area contributed by atoms with Crippen LogP contribution in [0.15, 0.2) is 274 Å². The number of nitro benzene ring substituents is 5. The van der Waals surface area contributed by atoms with Gasteiger partial charge in [0.2, 0.25) is 0 Å². The van der Waals surface area contributed by atoms with Crippen LogP contribution < -0.4 is 0 Å². The summed E-state index contributed by atoms with van der Waals surface area (Å²) < 4.78 is 210. The summed E-state index contributed by atoms with van der Waals surface area (Å²) in [6, 6.07) is 55.1. The number of hydrogen-bond donors (Lipinski definition) is 0. The van der Waals surface area contributed by atoms with Crippen LogP contribution in [-0.2, 0) is 32.7 Å². The van der Waals surface area contributed by atoms with Crippen molar-refractivity contribution < 1.29 is 94.9 Å². The number of hydrogen-bond acceptors (Lipinski definition) is 15. The molecule has 10 aromatic carbocycles. The summed E-state index contributed by atoms with van der Waals surface area (Å²) in [7, 11) is 0. The summed E-state index contributed by atoms with van der Waals surface area (Å²) in [4.78, 5) is 68.0. The lowest BCUT2D eigenvalue weighted by molar-refractivity contribution is -0.385. The molecule has 0 bridgehead atoms. The smallest absolute Gasteiger partial charge is 0.275 e. The maximum atomic E-state index is 13.2. The molecule has 0 saturated carbocycles. The van der Waals surface area contributed by atoms with Gasteiger partial charge in [-0.3, -0.25) is 75.5 Å². The van der Waals surface area contributed by atoms with Gasteiger partial charge in [-0.1, -0.05) is 174 Å². The summed E-state index contributed by atoms with van der Waals surface area (Å²) in [5.74, 6) is -0.648. The van der Waals surface area contributed by atoms with Crippen LogP contribution in [0.1, 0.15) is 72.3 Å². The highest BCUT2D eigenvalue weighted by Gasteiger charge is 2.40. The summed E-state index contributed by atoms with van der Waals surface area (Å²) in [5.41, 5.74) is -1.25. The fourth-order valence-electron chi connectivity index (χ4n) is 9.61. The molecular weight excluding hydrogens is 1540 g/mol. The number of non-ortho nitro benzene ring substituents is 5. The second kappa shape index (κ2) is 40.4. The summed E-state index contributed by atoms with van der Waals surface area (Å²) >= 11 is 0. The summed E-state index contributed by atoms with van der Waals surface area (Å²) in [5, 5.41) is 52.7. The maximum Gasteiger partial charge on any atom is 0.433 e. The molecule has 0 aliphatic rings. The Kier molecular flexibility index (Phi) is 31.7. The first-order valence-corrected chi connectivity index (χ1v) is 32.7. The number of rotatable bonds is 20. The monoisotopic (exact) mass is 1600 g/mol. The highest BCUT2D eigenvalue weighted by atomic mass is 19.4. The third-order valence-corrected chi connectivity index (χ3v) is 15.3. The normalized spacial score (nSPS) is 12.3. The highest BCUT2D eigenvalue weighted by molar-refractivity contribution is 6.07. The lowest BCUT2D eigenvalue weighted by Crippen LogP contribution is -2.24. The van der Waals surface area contributed by atoms with Crippen LogP contribution in [0.2, 0.25) is 0 Å². The molecule has 0 N–H and O–H groups in total. The standard InChI is InChI=1S/3C16H13F3N2O2.C15H10F4N2O2.C15H11F3N2O2/c2*1-11-2-6-13(7-3-11)15(16(17,18)19)20-10-12-4-8-14(9-5-12)21(22)23;1-11-3-2-4-13(9-11)15(16(17,18)19)20-10-12-5-7-14(8-6-12)21(22)23;16-12-5-3-11(4-6-12)14(15(17,18)19)20-9-10-1-7-13(8-2-10)21(22)23;16-15(17,18)14(12-4-2-1-3-5-12)19-10-11-6-8-13(9-7-11)20(21)22/h3*2-9H,10H2,1H3;1-8H,9H2;1-9H,10H2. The molecule has 0 saturated heterocycles. The van der Waals surface area contributed by atoms with Crippen molar-refractivity contribution in [3.05, 3.63) is 377 Å². The van der Waals surface area contributed by atoms with E-state index in [0.717, 1.165) is 35.4 Å². The van der Waals surface area contributed by atoms with Crippen LogP contribution in [0.3, 0.4) is 0 Å². The van der Waals surface area contributed by atoms with Crippen LogP contribution in [-0.4, -0.2) is 84.1 Å². The van der Waals surface area contributed by atoms with Gasteiger partial charge < -0.3 is 0 Å². The van der Waals surface area contributed by atoms with Crippen LogP contribution in [0.25, 0.3) is 0 Å². The Balaban J connectivity index is 0.000000222. The molecule has 0 fully saturated rings. The van der Waals surface area contributed by atoms with Crippen molar-refractivity contribution in [3.8, 4) is 0 Å². The van der Waals surface area contributed by atoms with Crippen LogP contribution >= 0.6 is 0 Å². The molecule has 36 heteroatoms. The van der Waals surface area contributed by atoms with Crippen molar-refractivity contribution in [2.24, 2.45) is 25.0 Å². The number of nitro groups is 5. The largest absolute Gasteiger partial charge is 0.433 e. The Labute approximate surface area is 636 Å². The molecule has 594 valence electrons. The maximum absolute atomic E-state index is 13.2. The van der Waals surface area contributed by atoms with Gasteiger partial charge in [0.05, 0.1) is 57.3 Å². The van der Waals surface area contributed by atoms with Crippen molar-refractivity contribution in [1.82, 2.24) is 0 Å². The van der Waals surface area contributed by atoms with Gasteiger partial charge in [0, 0.05) is 88.5 Å². The lowest BCUT2D eigenvalue weighted by atomic mass is 10.1. The summed E-state index contributed by atoms with van der Waals surface area (Å²) in [6.07, 6.45) is -23.0. The van der Waals surface area contributed by atoms with Gasteiger partial charge in [-0.05, 0) is 78.9 Å². The van der Waals surface area contributed by atoms with E-state index in [-0.39, 0.29) is 89.0 Å². The lowest BCUT2D eigenvalue weighted by Gasteiger charge is -2.11. The number of aryl methyl sites for hydroxylation is 3. The van der Waals surface area contributed by atoms with Gasteiger partial charge >= 0.3 is 30.9 Å². The zero-order chi connectivity index (χ0) is 84.3.